The predicted molar refractivity (Wildman–Crippen MR) is 93.9 cm³/mol. The van der Waals surface area contributed by atoms with Crippen molar-refractivity contribution >= 4 is 27.6 Å². The monoisotopic (exact) mass is 399 g/mol. The predicted octanol–water partition coefficient (Wildman–Crippen LogP) is 2.09. The van der Waals surface area contributed by atoms with Crippen molar-refractivity contribution in [3.05, 3.63) is 41.4 Å². The summed E-state index contributed by atoms with van der Waals surface area (Å²) in [6, 6.07) is 4.03. The summed E-state index contributed by atoms with van der Waals surface area (Å²) in [5.41, 5.74) is 0. The molecule has 2 aromatic rings. The Kier molecular flexibility index (Phi) is 5.49. The average Bonchev–Trinajstić information content (AvgIpc) is 3.15. The summed E-state index contributed by atoms with van der Waals surface area (Å²) < 4.78 is 32.1. The minimum Gasteiger partial charge on any atom is -0.480 e. The third kappa shape index (κ3) is 4.00. The number of carbonyl (C=O) groups is 1. The van der Waals surface area contributed by atoms with Crippen LogP contribution in [0.1, 0.15) is 24.6 Å². The van der Waals surface area contributed by atoms with Gasteiger partial charge in [0.2, 0.25) is 10.0 Å². The Morgan fingerprint density at radius 2 is 2.12 bits per heavy atom. The van der Waals surface area contributed by atoms with E-state index in [4.69, 9.17) is 21.4 Å². The van der Waals surface area contributed by atoms with Crippen LogP contribution in [0.5, 0.6) is 5.75 Å². The number of ether oxygens (including phenoxy) is 1. The Labute approximate surface area is 155 Å². The first-order chi connectivity index (χ1) is 12.4. The molecule has 2 heterocycles. The van der Waals surface area contributed by atoms with Gasteiger partial charge in [0.15, 0.2) is 6.61 Å². The molecule has 140 valence electrons. The number of rotatable bonds is 6. The summed E-state index contributed by atoms with van der Waals surface area (Å²) in [5.74, 6) is 0.0820. The van der Waals surface area contributed by atoms with Gasteiger partial charge >= 0.3 is 5.97 Å². The van der Waals surface area contributed by atoms with Gasteiger partial charge < -0.3 is 14.8 Å². The van der Waals surface area contributed by atoms with Crippen LogP contribution in [0, 0.1) is 0 Å². The molecule has 0 unspecified atom stereocenters. The maximum Gasteiger partial charge on any atom is 0.341 e. The Morgan fingerprint density at radius 3 is 2.69 bits per heavy atom. The number of benzene rings is 1. The number of hydrogen-bond acceptors (Lipinski definition) is 5. The van der Waals surface area contributed by atoms with E-state index in [1.54, 1.807) is 12.4 Å². The minimum absolute atomic E-state index is 0.0535. The van der Waals surface area contributed by atoms with Crippen LogP contribution in [-0.2, 0) is 14.8 Å². The molecule has 26 heavy (non-hydrogen) atoms. The van der Waals surface area contributed by atoms with Crippen molar-refractivity contribution in [3.8, 4) is 5.75 Å². The quantitative estimate of drug-likeness (QED) is 0.769. The van der Waals surface area contributed by atoms with Gasteiger partial charge in [0.25, 0.3) is 0 Å². The lowest BCUT2D eigenvalue weighted by molar-refractivity contribution is -0.139. The highest BCUT2D eigenvalue weighted by molar-refractivity contribution is 7.89. The Hall–Kier alpha value is -2.10. The molecule has 0 bridgehead atoms. The zero-order valence-electron chi connectivity index (χ0n) is 13.8. The highest BCUT2D eigenvalue weighted by atomic mass is 35.5. The minimum atomic E-state index is -3.68. The van der Waals surface area contributed by atoms with Gasteiger partial charge in [-0.2, -0.15) is 4.31 Å². The Morgan fingerprint density at radius 1 is 1.38 bits per heavy atom. The van der Waals surface area contributed by atoms with Crippen LogP contribution in [-0.4, -0.2) is 53.5 Å². The molecular weight excluding hydrogens is 382 g/mol. The van der Waals surface area contributed by atoms with Gasteiger partial charge in [-0.3, -0.25) is 0 Å². The molecular formula is C16H18ClN3O5S. The second-order valence-electron chi connectivity index (χ2n) is 5.93. The van der Waals surface area contributed by atoms with E-state index in [1.807, 2.05) is 0 Å². The van der Waals surface area contributed by atoms with Gasteiger partial charge in [0, 0.05) is 31.4 Å². The van der Waals surface area contributed by atoms with Gasteiger partial charge in [-0.1, -0.05) is 11.6 Å². The molecule has 0 aliphatic carbocycles. The van der Waals surface area contributed by atoms with Crippen LogP contribution in [0.4, 0.5) is 0 Å². The highest BCUT2D eigenvalue weighted by Gasteiger charge is 2.31. The maximum absolute atomic E-state index is 12.8. The summed E-state index contributed by atoms with van der Waals surface area (Å²) in [5, 5.41) is 8.69. The van der Waals surface area contributed by atoms with Gasteiger partial charge in [-0.15, -0.1) is 0 Å². The number of hydrogen-bond donors (Lipinski definition) is 2. The molecule has 8 nitrogen and oxygen atoms in total. The smallest absolute Gasteiger partial charge is 0.341 e. The molecule has 1 aliphatic heterocycles. The molecule has 1 aromatic carbocycles. The summed E-state index contributed by atoms with van der Waals surface area (Å²) in [6.45, 7) is 0.233. The molecule has 0 radical (unpaired) electrons. The van der Waals surface area contributed by atoms with Crippen molar-refractivity contribution in [2.24, 2.45) is 0 Å². The standard InChI is InChI=1S/C16H18ClN3O5S/c17-13-9-12(1-2-14(13)25-10-15(21)22)26(23,24)20-7-3-11(4-8-20)16-18-5-6-19-16/h1-2,5-6,9,11H,3-4,7-8,10H2,(H,18,19)(H,21,22). The fraction of sp³-hybridized carbons (Fsp3) is 0.375. The topological polar surface area (TPSA) is 113 Å². The number of H-pyrrole nitrogens is 1. The number of aromatic nitrogens is 2. The number of nitrogens with zero attached hydrogens (tertiary/aromatic N) is 2. The van der Waals surface area contributed by atoms with Crippen LogP contribution < -0.4 is 4.74 Å². The van der Waals surface area contributed by atoms with Crippen molar-refractivity contribution < 1.29 is 23.1 Å². The van der Waals surface area contributed by atoms with Crippen molar-refractivity contribution in [1.82, 2.24) is 14.3 Å². The first-order valence-electron chi connectivity index (χ1n) is 8.01. The zero-order chi connectivity index (χ0) is 18.7. The number of carboxylic acids is 1. The molecule has 10 heteroatoms. The van der Waals surface area contributed by atoms with Crippen LogP contribution in [0.15, 0.2) is 35.5 Å². The van der Waals surface area contributed by atoms with Crippen LogP contribution in [0.25, 0.3) is 0 Å². The van der Waals surface area contributed by atoms with Gasteiger partial charge in [0.05, 0.1) is 9.92 Å². The van der Waals surface area contributed by atoms with Crippen molar-refractivity contribution in [1.29, 1.82) is 0 Å². The molecule has 3 rings (SSSR count). The number of nitrogens with one attached hydrogen (secondary N) is 1. The van der Waals surface area contributed by atoms with Crippen LogP contribution in [0.2, 0.25) is 5.02 Å². The number of imidazole rings is 1. The van der Waals surface area contributed by atoms with Gasteiger partial charge in [0.1, 0.15) is 11.6 Å². The number of sulfonamides is 1. The number of carboxylic acid groups (broad SMARTS) is 1. The van der Waals surface area contributed by atoms with Crippen molar-refractivity contribution in [3.63, 3.8) is 0 Å². The molecule has 1 saturated heterocycles. The molecule has 1 aromatic heterocycles. The van der Waals surface area contributed by atoms with Gasteiger partial charge in [-0.05, 0) is 31.0 Å². The third-order valence-corrected chi connectivity index (χ3v) is 6.44. The zero-order valence-corrected chi connectivity index (χ0v) is 15.3. The van der Waals surface area contributed by atoms with Crippen molar-refractivity contribution in [2.45, 2.75) is 23.7 Å². The number of aliphatic carboxylic acids is 1. The fourth-order valence-electron chi connectivity index (χ4n) is 2.92. The van der Waals surface area contributed by atoms with Crippen molar-refractivity contribution in [2.75, 3.05) is 19.7 Å². The van der Waals surface area contributed by atoms with E-state index in [0.29, 0.717) is 25.9 Å². The lowest BCUT2D eigenvalue weighted by Crippen LogP contribution is -2.38. The normalized spacial score (nSPS) is 16.5. The molecule has 0 spiro atoms. The Bertz CT molecular complexity index is 877. The second kappa shape index (κ2) is 7.65. The molecule has 1 fully saturated rings. The fourth-order valence-corrected chi connectivity index (χ4v) is 4.71. The van der Waals surface area contributed by atoms with E-state index in [0.717, 1.165) is 5.82 Å². The molecule has 2 N–H and O–H groups in total. The highest BCUT2D eigenvalue weighted by Crippen LogP contribution is 2.32. The van der Waals surface area contributed by atoms with E-state index in [9.17, 15) is 13.2 Å². The number of piperidine rings is 1. The summed E-state index contributed by atoms with van der Waals surface area (Å²) in [4.78, 5) is 17.9. The SMILES string of the molecule is O=C(O)COc1ccc(S(=O)(=O)N2CCC(c3ncc[nH]3)CC2)cc1Cl. The number of aromatic amines is 1. The summed E-state index contributed by atoms with van der Waals surface area (Å²) >= 11 is 6.04. The average molecular weight is 400 g/mol. The molecule has 0 atom stereocenters. The number of halogens is 1. The van der Waals surface area contributed by atoms with E-state index >= 15 is 0 Å². The maximum atomic E-state index is 12.8. The first kappa shape index (κ1) is 18.7. The van der Waals surface area contributed by atoms with E-state index < -0.39 is 22.6 Å². The lowest BCUT2D eigenvalue weighted by atomic mass is 9.98. The van der Waals surface area contributed by atoms with E-state index in [1.165, 1.54) is 22.5 Å². The van der Waals surface area contributed by atoms with Crippen LogP contribution >= 0.6 is 11.6 Å². The van der Waals surface area contributed by atoms with E-state index in [2.05, 4.69) is 9.97 Å². The molecule has 0 amide bonds. The molecule has 0 saturated carbocycles. The third-order valence-electron chi connectivity index (χ3n) is 4.25. The Balaban J connectivity index is 1.70. The molecule has 1 aliphatic rings. The largest absolute Gasteiger partial charge is 0.480 e. The first-order valence-corrected chi connectivity index (χ1v) is 9.83. The van der Waals surface area contributed by atoms with Crippen LogP contribution in [0.3, 0.4) is 0 Å². The summed E-state index contributed by atoms with van der Waals surface area (Å²) in [7, 11) is -3.68. The lowest BCUT2D eigenvalue weighted by Gasteiger charge is -2.30. The van der Waals surface area contributed by atoms with E-state index in [-0.39, 0.29) is 21.6 Å². The second-order valence-corrected chi connectivity index (χ2v) is 8.27. The van der Waals surface area contributed by atoms with Gasteiger partial charge in [-0.25, -0.2) is 18.2 Å². The summed E-state index contributed by atoms with van der Waals surface area (Å²) in [6.07, 6.45) is 4.81.